The highest BCUT2D eigenvalue weighted by molar-refractivity contribution is 5.94. The maximum absolute atomic E-state index is 13.7. The lowest BCUT2D eigenvalue weighted by atomic mass is 10.2. The number of hydrogen-bond donors (Lipinski definition) is 3. The summed E-state index contributed by atoms with van der Waals surface area (Å²) < 4.78 is 50.8. The van der Waals surface area contributed by atoms with Crippen molar-refractivity contribution in [1.29, 1.82) is 0 Å². The van der Waals surface area contributed by atoms with Crippen molar-refractivity contribution >= 4 is 34.8 Å². The van der Waals surface area contributed by atoms with Crippen molar-refractivity contribution < 1.29 is 22.5 Å². The standard InChI is InChI=1S/C22H18F2N8O2/c1-25-15-9-19(30-32-16(10-26-21(15)32)22(34)28-14-8-12(14)23)27-13-4-3-7-31(17(13)11-33)20-6-2-5-18(24)29-20/h2-7,9-10,12,14,25H,8H2,1H3,(H,27,30)(H,28,34)/t12-,14+/m0/s1/i1D3. The topological polar surface area (TPSA) is 117 Å². The fourth-order valence-corrected chi connectivity index (χ4v) is 3.41. The van der Waals surface area contributed by atoms with Crippen LogP contribution in [-0.2, 0) is 4.79 Å². The number of fused-ring (bicyclic) bond motifs is 1. The molecule has 3 aromatic rings. The van der Waals surface area contributed by atoms with Crippen LogP contribution in [0.2, 0.25) is 0 Å². The molecule has 2 atom stereocenters. The smallest absolute Gasteiger partial charge is 0.271 e. The van der Waals surface area contributed by atoms with Gasteiger partial charge in [-0.15, -0.1) is 5.10 Å². The van der Waals surface area contributed by atoms with Crippen LogP contribution in [0, 0.1) is 5.95 Å². The lowest BCUT2D eigenvalue weighted by Gasteiger charge is -2.25. The molecule has 0 saturated heterocycles. The minimum atomic E-state index is -2.61. The molecule has 5 rings (SSSR count). The number of carbonyl (C=O) groups excluding carboxylic acids is 2. The summed E-state index contributed by atoms with van der Waals surface area (Å²) in [6.07, 6.45) is 4.84. The van der Waals surface area contributed by atoms with E-state index in [0.717, 1.165) is 10.6 Å². The first kappa shape index (κ1) is 17.9. The Morgan fingerprint density at radius 2 is 2.24 bits per heavy atom. The fraction of sp³-hybridized carbons (Fsp3) is 0.182. The van der Waals surface area contributed by atoms with Crippen molar-refractivity contribution in [3.8, 4) is 0 Å². The summed E-state index contributed by atoms with van der Waals surface area (Å²) in [5.74, 6) is 0.550. The Hall–Kier alpha value is -4.57. The molecular weight excluding hydrogens is 446 g/mol. The van der Waals surface area contributed by atoms with E-state index in [9.17, 15) is 18.4 Å². The molecule has 3 N–H and O–H groups in total. The predicted octanol–water partition coefficient (Wildman–Crippen LogP) is 2.19. The molecule has 0 unspecified atom stereocenters. The molecule has 0 bridgehead atoms. The van der Waals surface area contributed by atoms with Gasteiger partial charge in [-0.25, -0.2) is 23.7 Å². The maximum Gasteiger partial charge on any atom is 0.271 e. The zero-order valence-corrected chi connectivity index (χ0v) is 17.3. The summed E-state index contributed by atoms with van der Waals surface area (Å²) in [7, 11) is 0. The van der Waals surface area contributed by atoms with E-state index in [-0.39, 0.29) is 46.5 Å². The Balaban J connectivity index is 1.51. The first-order chi connectivity index (χ1) is 17.6. The third-order valence-electron chi connectivity index (χ3n) is 5.16. The Morgan fingerprint density at radius 3 is 2.97 bits per heavy atom. The van der Waals surface area contributed by atoms with Crippen molar-refractivity contribution in [1.82, 2.24) is 24.9 Å². The van der Waals surface area contributed by atoms with E-state index in [1.165, 1.54) is 41.6 Å². The summed E-state index contributed by atoms with van der Waals surface area (Å²) in [6.45, 7) is -2.61. The molecule has 0 radical (unpaired) electrons. The van der Waals surface area contributed by atoms with E-state index in [2.05, 4.69) is 31.0 Å². The van der Waals surface area contributed by atoms with E-state index >= 15 is 0 Å². The lowest BCUT2D eigenvalue weighted by Crippen LogP contribution is -2.28. The molecule has 0 aromatic carbocycles. The Morgan fingerprint density at radius 1 is 1.38 bits per heavy atom. The van der Waals surface area contributed by atoms with Crippen LogP contribution in [0.25, 0.3) is 5.65 Å². The third kappa shape index (κ3) is 3.86. The summed E-state index contributed by atoms with van der Waals surface area (Å²) in [5, 5.41) is 12.1. The number of rotatable bonds is 6. The number of allylic oxidation sites excluding steroid dienone is 2. The fourth-order valence-electron chi connectivity index (χ4n) is 3.41. The highest BCUT2D eigenvalue weighted by Crippen LogP contribution is 2.28. The van der Waals surface area contributed by atoms with Gasteiger partial charge in [-0.1, -0.05) is 6.07 Å². The van der Waals surface area contributed by atoms with Crippen LogP contribution < -0.4 is 20.9 Å². The second kappa shape index (κ2) is 8.41. The quantitative estimate of drug-likeness (QED) is 0.373. The van der Waals surface area contributed by atoms with Gasteiger partial charge >= 0.3 is 0 Å². The zero-order valence-electron chi connectivity index (χ0n) is 20.3. The number of alkyl halides is 1. The van der Waals surface area contributed by atoms with E-state index in [0.29, 0.717) is 0 Å². The molecule has 10 nitrogen and oxygen atoms in total. The Labute approximate surface area is 195 Å². The predicted molar refractivity (Wildman–Crippen MR) is 120 cm³/mol. The molecule has 1 aliphatic heterocycles. The average molecular weight is 467 g/mol. The van der Waals surface area contributed by atoms with Crippen molar-refractivity contribution in [2.75, 3.05) is 22.5 Å². The van der Waals surface area contributed by atoms with E-state index in [4.69, 9.17) is 4.11 Å². The van der Waals surface area contributed by atoms with Gasteiger partial charge in [-0.2, -0.15) is 4.39 Å². The number of carbonyl (C=O) groups is 1. The molecule has 2 aliphatic rings. The van der Waals surface area contributed by atoms with Crippen LogP contribution >= 0.6 is 0 Å². The van der Waals surface area contributed by atoms with Gasteiger partial charge in [0.15, 0.2) is 28.8 Å². The number of aromatic nitrogens is 4. The molecular formula is C22H18F2N8O2. The van der Waals surface area contributed by atoms with Crippen LogP contribution in [0.15, 0.2) is 60.2 Å². The van der Waals surface area contributed by atoms with Gasteiger partial charge in [0.1, 0.15) is 12.0 Å². The summed E-state index contributed by atoms with van der Waals surface area (Å²) in [5.41, 5.74) is 0.117. The van der Waals surface area contributed by atoms with Crippen molar-refractivity contribution in [2.24, 2.45) is 0 Å². The molecule has 34 heavy (non-hydrogen) atoms. The highest BCUT2D eigenvalue weighted by Gasteiger charge is 2.39. The lowest BCUT2D eigenvalue weighted by molar-refractivity contribution is 0.0940. The number of pyridine rings is 1. The second-order valence-corrected chi connectivity index (χ2v) is 7.46. The van der Waals surface area contributed by atoms with E-state index in [1.807, 2.05) is 0 Å². The number of amides is 1. The molecule has 0 spiro atoms. The first-order valence-electron chi connectivity index (χ1n) is 11.6. The first-order valence-corrected chi connectivity index (χ1v) is 10.1. The summed E-state index contributed by atoms with van der Waals surface area (Å²) >= 11 is 0. The number of nitrogens with one attached hydrogen (secondary N) is 3. The van der Waals surface area contributed by atoms with Gasteiger partial charge in [0.25, 0.3) is 5.91 Å². The molecule has 4 heterocycles. The Kier molecular flexibility index (Phi) is 4.43. The van der Waals surface area contributed by atoms with Crippen LogP contribution in [0.5, 0.6) is 0 Å². The number of halogens is 2. The monoisotopic (exact) mass is 467 g/mol. The second-order valence-electron chi connectivity index (χ2n) is 7.46. The highest BCUT2D eigenvalue weighted by atomic mass is 19.1. The van der Waals surface area contributed by atoms with Gasteiger partial charge in [-0.3, -0.25) is 9.69 Å². The van der Waals surface area contributed by atoms with Gasteiger partial charge in [-0.05, 0) is 24.3 Å². The number of nitrogens with zero attached hydrogens (tertiary/aromatic N) is 5. The van der Waals surface area contributed by atoms with Crippen LogP contribution in [0.3, 0.4) is 0 Å². The minimum Gasteiger partial charge on any atom is -0.385 e. The molecule has 1 aliphatic carbocycles. The van der Waals surface area contributed by atoms with Gasteiger partial charge < -0.3 is 16.0 Å². The molecule has 1 saturated carbocycles. The van der Waals surface area contributed by atoms with Gasteiger partial charge in [0, 0.05) is 29.8 Å². The SMILES string of the molecule is [2H]C([2H])([2H])Nc1cc(NC2=CC=CN(c3cccc(F)n3)C2=C=O)nn2c(C(=O)N[C@@H]3C[C@@H]3F)cnc12. The maximum atomic E-state index is 13.7. The van der Waals surface area contributed by atoms with E-state index < -0.39 is 31.0 Å². The van der Waals surface area contributed by atoms with Crippen LogP contribution in [-0.4, -0.2) is 50.6 Å². The van der Waals surface area contributed by atoms with Crippen molar-refractivity contribution in [3.63, 3.8) is 0 Å². The van der Waals surface area contributed by atoms with Crippen LogP contribution in [0.1, 0.15) is 21.0 Å². The molecule has 172 valence electrons. The Bertz CT molecular complexity index is 1510. The number of anilines is 3. The zero-order chi connectivity index (χ0) is 26.3. The van der Waals surface area contributed by atoms with E-state index in [1.54, 1.807) is 12.0 Å². The largest absolute Gasteiger partial charge is 0.385 e. The molecule has 12 heteroatoms. The molecule has 1 fully saturated rings. The van der Waals surface area contributed by atoms with Crippen LogP contribution in [0.4, 0.5) is 26.1 Å². The third-order valence-corrected chi connectivity index (χ3v) is 5.16. The van der Waals surface area contributed by atoms with Crippen molar-refractivity contribution in [2.45, 2.75) is 18.6 Å². The average Bonchev–Trinajstić information content (AvgIpc) is 3.34. The normalized spacial score (nSPS) is 20.6. The van der Waals surface area contributed by atoms with Gasteiger partial charge in [0.2, 0.25) is 5.95 Å². The number of hydrogen-bond acceptors (Lipinski definition) is 8. The molecule has 3 aromatic heterocycles. The van der Waals surface area contributed by atoms with Gasteiger partial charge in [0.05, 0.1) is 23.6 Å². The summed E-state index contributed by atoms with van der Waals surface area (Å²) in [4.78, 5) is 33.8. The molecule has 1 amide bonds. The minimum absolute atomic E-state index is 0.0126. The number of imidazole rings is 1. The summed E-state index contributed by atoms with van der Waals surface area (Å²) in [6, 6.07) is 4.81. The van der Waals surface area contributed by atoms with Crippen molar-refractivity contribution in [3.05, 3.63) is 71.9 Å².